The molecule has 0 unspecified atom stereocenters. The molecule has 0 bridgehead atoms. The number of aromatic nitrogens is 3. The van der Waals surface area contributed by atoms with Crippen LogP contribution >= 0.6 is 11.3 Å². The van der Waals surface area contributed by atoms with E-state index in [4.69, 9.17) is 0 Å². The van der Waals surface area contributed by atoms with E-state index in [0.29, 0.717) is 5.69 Å². The lowest BCUT2D eigenvalue weighted by atomic mass is 10.3. The van der Waals surface area contributed by atoms with E-state index in [9.17, 15) is 4.79 Å². The smallest absolute Gasteiger partial charge is 0.272 e. The molecule has 6 heteroatoms. The number of thiazole rings is 1. The number of hydrogen-bond donors (Lipinski definition) is 1. The Labute approximate surface area is 96.6 Å². The molecule has 82 valence electrons. The van der Waals surface area contributed by atoms with Gasteiger partial charge in [0.05, 0.1) is 11.6 Å². The van der Waals surface area contributed by atoms with Crippen molar-refractivity contribution in [3.8, 4) is 0 Å². The Balaban J connectivity index is 2.03. The second kappa shape index (κ2) is 4.80. The molecule has 0 aliphatic heterocycles. The van der Waals surface area contributed by atoms with E-state index in [1.165, 1.54) is 17.5 Å². The van der Waals surface area contributed by atoms with Crippen molar-refractivity contribution < 1.29 is 4.79 Å². The van der Waals surface area contributed by atoms with Crippen molar-refractivity contribution in [1.29, 1.82) is 0 Å². The number of carbonyl (C=O) groups excluding carboxylic acids is 1. The molecule has 0 spiro atoms. The summed E-state index contributed by atoms with van der Waals surface area (Å²) in [4.78, 5) is 16.7. The predicted molar refractivity (Wildman–Crippen MR) is 60.0 cm³/mol. The molecule has 5 nitrogen and oxygen atoms in total. The van der Waals surface area contributed by atoms with Gasteiger partial charge in [-0.25, -0.2) is 0 Å². The third kappa shape index (κ3) is 2.40. The van der Waals surface area contributed by atoms with Gasteiger partial charge in [-0.15, -0.1) is 16.4 Å². The molecule has 0 fully saturated rings. The molecule has 2 aromatic heterocycles. The normalized spacial score (nSPS) is 12.1. The van der Waals surface area contributed by atoms with E-state index in [1.807, 2.05) is 6.92 Å². The fraction of sp³-hybridized carbons (Fsp3) is 0.200. The summed E-state index contributed by atoms with van der Waals surface area (Å²) in [5.74, 6) is -0.228. The molecule has 0 radical (unpaired) electrons. The molecule has 2 rings (SSSR count). The molecule has 2 heterocycles. The highest BCUT2D eigenvalue weighted by molar-refractivity contribution is 7.09. The van der Waals surface area contributed by atoms with E-state index >= 15 is 0 Å². The zero-order chi connectivity index (χ0) is 11.4. The maximum atomic E-state index is 11.7. The quantitative estimate of drug-likeness (QED) is 0.872. The summed E-state index contributed by atoms with van der Waals surface area (Å²) in [7, 11) is 0. The van der Waals surface area contributed by atoms with Crippen LogP contribution in [0.3, 0.4) is 0 Å². The van der Waals surface area contributed by atoms with E-state index < -0.39 is 0 Å². The van der Waals surface area contributed by atoms with E-state index in [-0.39, 0.29) is 11.9 Å². The lowest BCUT2D eigenvalue weighted by Gasteiger charge is -2.10. The molecular formula is C10H10N4OS. The lowest BCUT2D eigenvalue weighted by Crippen LogP contribution is -2.27. The van der Waals surface area contributed by atoms with Gasteiger partial charge in [-0.1, -0.05) is 0 Å². The Bertz CT molecular complexity index is 457. The third-order valence-electron chi connectivity index (χ3n) is 2.03. The molecule has 1 amide bonds. The Morgan fingerprint density at radius 3 is 3.06 bits per heavy atom. The monoisotopic (exact) mass is 234 g/mol. The van der Waals surface area contributed by atoms with Gasteiger partial charge in [0.2, 0.25) is 0 Å². The van der Waals surface area contributed by atoms with Crippen LogP contribution in [0.15, 0.2) is 30.0 Å². The van der Waals surface area contributed by atoms with Gasteiger partial charge < -0.3 is 5.32 Å². The Morgan fingerprint density at radius 1 is 1.56 bits per heavy atom. The number of hydrogen-bond acceptors (Lipinski definition) is 5. The summed E-state index contributed by atoms with van der Waals surface area (Å²) in [5.41, 5.74) is 2.05. The number of carbonyl (C=O) groups is 1. The zero-order valence-corrected chi connectivity index (χ0v) is 9.44. The second-order valence-corrected chi connectivity index (χ2v) is 4.13. The van der Waals surface area contributed by atoms with E-state index in [1.54, 1.807) is 23.8 Å². The zero-order valence-electron chi connectivity index (χ0n) is 8.62. The van der Waals surface area contributed by atoms with Crippen molar-refractivity contribution >= 4 is 17.2 Å². The Hall–Kier alpha value is -1.82. The van der Waals surface area contributed by atoms with Crippen LogP contribution in [0.5, 0.6) is 0 Å². The first-order valence-corrected chi connectivity index (χ1v) is 5.62. The van der Waals surface area contributed by atoms with Crippen LogP contribution < -0.4 is 5.32 Å². The first kappa shape index (κ1) is 10.7. The fourth-order valence-corrected chi connectivity index (χ4v) is 1.83. The van der Waals surface area contributed by atoms with Crippen molar-refractivity contribution in [2.45, 2.75) is 13.0 Å². The fourth-order valence-electron chi connectivity index (χ4n) is 1.20. The van der Waals surface area contributed by atoms with Crippen LogP contribution in [0, 0.1) is 0 Å². The second-order valence-electron chi connectivity index (χ2n) is 3.21. The summed E-state index contributed by atoms with van der Waals surface area (Å²) in [5, 5.41) is 10.2. The first-order valence-electron chi connectivity index (χ1n) is 4.74. The van der Waals surface area contributed by atoms with Gasteiger partial charge in [-0.05, 0) is 19.1 Å². The molecule has 0 aliphatic carbocycles. The van der Waals surface area contributed by atoms with Crippen LogP contribution in [0.4, 0.5) is 0 Å². The molecule has 16 heavy (non-hydrogen) atoms. The van der Waals surface area contributed by atoms with Crippen LogP contribution in [-0.2, 0) is 0 Å². The topological polar surface area (TPSA) is 67.8 Å². The SMILES string of the molecule is C[C@@H](NC(=O)c1cccnn1)c1cncs1. The summed E-state index contributed by atoms with van der Waals surface area (Å²) >= 11 is 1.51. The summed E-state index contributed by atoms with van der Waals surface area (Å²) in [6, 6.07) is 3.24. The number of rotatable bonds is 3. The van der Waals surface area contributed by atoms with Crippen LogP contribution in [0.2, 0.25) is 0 Å². The van der Waals surface area contributed by atoms with Crippen molar-refractivity contribution in [1.82, 2.24) is 20.5 Å². The Kier molecular flexibility index (Phi) is 3.21. The van der Waals surface area contributed by atoms with Gasteiger partial charge >= 0.3 is 0 Å². The van der Waals surface area contributed by atoms with Gasteiger partial charge in [0.15, 0.2) is 5.69 Å². The standard InChI is InChI=1S/C10H10N4OS/c1-7(9-5-11-6-16-9)13-10(15)8-3-2-4-12-14-8/h2-7H,1H3,(H,13,15)/t7-/m1/s1. The van der Waals surface area contributed by atoms with Gasteiger partial charge in [-0.3, -0.25) is 9.78 Å². The van der Waals surface area contributed by atoms with Crippen molar-refractivity contribution in [2.75, 3.05) is 0 Å². The van der Waals surface area contributed by atoms with Gasteiger partial charge in [0.1, 0.15) is 0 Å². The molecule has 0 aromatic carbocycles. The average Bonchev–Trinajstić information content (AvgIpc) is 2.83. The predicted octanol–water partition coefficient (Wildman–Crippen LogP) is 1.42. The van der Waals surface area contributed by atoms with Crippen LogP contribution in [0.25, 0.3) is 0 Å². The maximum Gasteiger partial charge on any atom is 0.272 e. The van der Waals surface area contributed by atoms with E-state index in [0.717, 1.165) is 4.88 Å². The van der Waals surface area contributed by atoms with Crippen LogP contribution in [0.1, 0.15) is 28.3 Å². The van der Waals surface area contributed by atoms with E-state index in [2.05, 4.69) is 20.5 Å². The minimum atomic E-state index is -0.228. The highest BCUT2D eigenvalue weighted by Gasteiger charge is 2.13. The number of nitrogens with zero attached hydrogens (tertiary/aromatic N) is 3. The summed E-state index contributed by atoms with van der Waals surface area (Å²) in [6.07, 6.45) is 3.27. The molecule has 0 aliphatic rings. The molecule has 1 N–H and O–H groups in total. The molecule has 1 atom stereocenters. The van der Waals surface area contributed by atoms with Crippen molar-refractivity contribution in [3.05, 3.63) is 40.6 Å². The lowest BCUT2D eigenvalue weighted by molar-refractivity contribution is 0.0934. The minimum absolute atomic E-state index is 0.0676. The Morgan fingerprint density at radius 2 is 2.44 bits per heavy atom. The molecule has 0 saturated carbocycles. The number of nitrogens with one attached hydrogen (secondary N) is 1. The highest BCUT2D eigenvalue weighted by Crippen LogP contribution is 2.16. The summed E-state index contributed by atoms with van der Waals surface area (Å²) in [6.45, 7) is 1.90. The van der Waals surface area contributed by atoms with Gasteiger partial charge in [-0.2, -0.15) is 5.10 Å². The summed E-state index contributed by atoms with van der Waals surface area (Å²) < 4.78 is 0. The molecule has 2 aromatic rings. The minimum Gasteiger partial charge on any atom is -0.343 e. The highest BCUT2D eigenvalue weighted by atomic mass is 32.1. The van der Waals surface area contributed by atoms with Gasteiger partial charge in [0.25, 0.3) is 5.91 Å². The maximum absolute atomic E-state index is 11.7. The van der Waals surface area contributed by atoms with Crippen molar-refractivity contribution in [2.24, 2.45) is 0 Å². The van der Waals surface area contributed by atoms with Crippen LogP contribution in [-0.4, -0.2) is 21.1 Å². The molecular weight excluding hydrogens is 224 g/mol. The largest absolute Gasteiger partial charge is 0.343 e. The molecule has 0 saturated heterocycles. The van der Waals surface area contributed by atoms with Crippen molar-refractivity contribution in [3.63, 3.8) is 0 Å². The van der Waals surface area contributed by atoms with Gasteiger partial charge in [0, 0.05) is 17.3 Å². The number of amides is 1. The third-order valence-corrected chi connectivity index (χ3v) is 2.99. The first-order chi connectivity index (χ1) is 7.77. The average molecular weight is 234 g/mol.